The first-order valence-corrected chi connectivity index (χ1v) is 12.2. The first-order valence-electron chi connectivity index (χ1n) is 11.4. The molecule has 2 aromatic carbocycles. The highest BCUT2D eigenvalue weighted by Gasteiger charge is 2.33. The van der Waals surface area contributed by atoms with E-state index in [1.807, 2.05) is 43.3 Å². The predicted molar refractivity (Wildman–Crippen MR) is 139 cm³/mol. The van der Waals surface area contributed by atoms with Crippen LogP contribution in [0.1, 0.15) is 36.6 Å². The number of hydrogen-bond acceptors (Lipinski definition) is 7. The van der Waals surface area contributed by atoms with E-state index in [-0.39, 0.29) is 18.8 Å². The maximum atomic E-state index is 13.8. The molecule has 4 rings (SSSR count). The van der Waals surface area contributed by atoms with E-state index in [1.54, 1.807) is 30.6 Å². The van der Waals surface area contributed by atoms with Crippen LogP contribution < -0.4 is 24.4 Å². The average Bonchev–Trinajstić information content (AvgIpc) is 3.17. The number of aryl methyl sites for hydroxylation is 1. The van der Waals surface area contributed by atoms with Crippen molar-refractivity contribution in [2.45, 2.75) is 26.8 Å². The second-order valence-corrected chi connectivity index (χ2v) is 9.09. The fourth-order valence-electron chi connectivity index (χ4n) is 4.07. The first-order chi connectivity index (χ1) is 17.4. The number of ether oxygens (including phenoxy) is 3. The third kappa shape index (κ3) is 4.70. The number of carbonyl (C=O) groups is 1. The van der Waals surface area contributed by atoms with Crippen LogP contribution in [0.2, 0.25) is 0 Å². The van der Waals surface area contributed by atoms with Crippen molar-refractivity contribution in [2.24, 2.45) is 4.99 Å². The van der Waals surface area contributed by atoms with Gasteiger partial charge in [-0.25, -0.2) is 9.79 Å². The molecule has 36 heavy (non-hydrogen) atoms. The van der Waals surface area contributed by atoms with E-state index in [0.717, 1.165) is 11.1 Å². The lowest BCUT2D eigenvalue weighted by molar-refractivity contribution is -0.139. The molecule has 1 aliphatic heterocycles. The van der Waals surface area contributed by atoms with E-state index in [1.165, 1.54) is 18.4 Å². The lowest BCUT2D eigenvalue weighted by Gasteiger charge is -2.24. The molecule has 8 heteroatoms. The van der Waals surface area contributed by atoms with Crippen LogP contribution in [0.25, 0.3) is 6.08 Å². The SMILES string of the molecule is C#CCOc1c(/C=c2\sc3n(c2=O)[C@H](c2ccc(C)cc2)C(C(=O)OCC)=C(C)N=3)cccc1OC. The molecule has 0 radical (unpaired) electrons. The Balaban J connectivity index is 1.95. The van der Waals surface area contributed by atoms with Crippen LogP contribution in [0.4, 0.5) is 0 Å². The maximum Gasteiger partial charge on any atom is 0.338 e. The highest BCUT2D eigenvalue weighted by Crippen LogP contribution is 2.32. The number of benzene rings is 2. The van der Waals surface area contributed by atoms with E-state index in [0.29, 0.717) is 37.7 Å². The van der Waals surface area contributed by atoms with Gasteiger partial charge in [0.05, 0.1) is 35.6 Å². The molecule has 0 amide bonds. The summed E-state index contributed by atoms with van der Waals surface area (Å²) in [5.41, 5.74) is 3.10. The van der Waals surface area contributed by atoms with Crippen molar-refractivity contribution in [3.05, 3.63) is 90.1 Å². The molecule has 1 aliphatic rings. The second-order valence-electron chi connectivity index (χ2n) is 8.08. The zero-order valence-electron chi connectivity index (χ0n) is 20.5. The summed E-state index contributed by atoms with van der Waals surface area (Å²) in [6.45, 7) is 5.77. The van der Waals surface area contributed by atoms with Gasteiger partial charge in [-0.1, -0.05) is 59.2 Å². The zero-order chi connectivity index (χ0) is 25.8. The van der Waals surface area contributed by atoms with Gasteiger partial charge in [0.1, 0.15) is 6.61 Å². The molecule has 1 aromatic heterocycles. The van der Waals surface area contributed by atoms with Crippen LogP contribution in [0.3, 0.4) is 0 Å². The van der Waals surface area contributed by atoms with Gasteiger partial charge in [0, 0.05) is 5.56 Å². The van der Waals surface area contributed by atoms with Gasteiger partial charge < -0.3 is 14.2 Å². The Hall–Kier alpha value is -4.09. The van der Waals surface area contributed by atoms with Crippen molar-refractivity contribution in [3.8, 4) is 23.8 Å². The van der Waals surface area contributed by atoms with E-state index < -0.39 is 12.0 Å². The van der Waals surface area contributed by atoms with Gasteiger partial charge in [-0.15, -0.1) is 6.42 Å². The Bertz CT molecular complexity index is 1560. The highest BCUT2D eigenvalue weighted by molar-refractivity contribution is 7.07. The predicted octanol–water partition coefficient (Wildman–Crippen LogP) is 3.13. The van der Waals surface area contributed by atoms with Crippen molar-refractivity contribution in [2.75, 3.05) is 20.3 Å². The number of rotatable bonds is 7. The third-order valence-electron chi connectivity index (χ3n) is 5.73. The molecule has 0 aliphatic carbocycles. The van der Waals surface area contributed by atoms with Crippen molar-refractivity contribution >= 4 is 23.4 Å². The lowest BCUT2D eigenvalue weighted by Crippen LogP contribution is -2.39. The number of hydrogen-bond donors (Lipinski definition) is 0. The van der Waals surface area contributed by atoms with E-state index >= 15 is 0 Å². The van der Waals surface area contributed by atoms with Crippen LogP contribution in [-0.4, -0.2) is 30.9 Å². The monoisotopic (exact) mass is 502 g/mol. The number of esters is 1. The minimum atomic E-state index is -0.662. The topological polar surface area (TPSA) is 79.1 Å². The summed E-state index contributed by atoms with van der Waals surface area (Å²) in [5, 5.41) is 0. The molecule has 0 unspecified atom stereocenters. The smallest absolute Gasteiger partial charge is 0.338 e. The van der Waals surface area contributed by atoms with Gasteiger partial charge in [-0.2, -0.15) is 0 Å². The fraction of sp³-hybridized carbons (Fsp3) is 0.250. The van der Waals surface area contributed by atoms with Crippen molar-refractivity contribution in [1.29, 1.82) is 0 Å². The summed E-state index contributed by atoms with van der Waals surface area (Å²) in [4.78, 5) is 31.9. The molecule has 0 bridgehead atoms. The van der Waals surface area contributed by atoms with Crippen molar-refractivity contribution in [3.63, 3.8) is 0 Å². The number of terminal acetylenes is 1. The highest BCUT2D eigenvalue weighted by atomic mass is 32.1. The van der Waals surface area contributed by atoms with Crippen LogP contribution in [-0.2, 0) is 9.53 Å². The van der Waals surface area contributed by atoms with Gasteiger partial charge in [0.25, 0.3) is 5.56 Å². The number of para-hydroxylation sites is 1. The molecule has 7 nitrogen and oxygen atoms in total. The lowest BCUT2D eigenvalue weighted by atomic mass is 9.95. The van der Waals surface area contributed by atoms with E-state index in [4.69, 9.17) is 20.6 Å². The summed E-state index contributed by atoms with van der Waals surface area (Å²) in [7, 11) is 1.54. The molecule has 0 saturated heterocycles. The molecular weight excluding hydrogens is 476 g/mol. The Morgan fingerprint density at radius 2 is 1.97 bits per heavy atom. The fourth-order valence-corrected chi connectivity index (χ4v) is 5.11. The van der Waals surface area contributed by atoms with Gasteiger partial charge in [0.15, 0.2) is 16.3 Å². The number of thiazole rings is 1. The molecule has 0 fully saturated rings. The minimum Gasteiger partial charge on any atom is -0.493 e. The van der Waals surface area contributed by atoms with E-state index in [9.17, 15) is 9.59 Å². The number of methoxy groups -OCH3 is 1. The van der Waals surface area contributed by atoms with Gasteiger partial charge >= 0.3 is 5.97 Å². The average molecular weight is 503 g/mol. The summed E-state index contributed by atoms with van der Waals surface area (Å²) < 4.78 is 18.5. The Morgan fingerprint density at radius 3 is 2.64 bits per heavy atom. The van der Waals surface area contributed by atoms with E-state index in [2.05, 4.69) is 10.9 Å². The van der Waals surface area contributed by atoms with Crippen LogP contribution >= 0.6 is 11.3 Å². The number of nitrogens with zero attached hydrogens (tertiary/aromatic N) is 2. The molecule has 1 atom stereocenters. The molecule has 2 heterocycles. The summed E-state index contributed by atoms with van der Waals surface area (Å²) in [5.74, 6) is 2.91. The van der Waals surface area contributed by atoms with Crippen LogP contribution in [0.5, 0.6) is 11.5 Å². The molecule has 3 aromatic rings. The Morgan fingerprint density at radius 1 is 1.22 bits per heavy atom. The minimum absolute atomic E-state index is 0.0536. The molecule has 0 saturated carbocycles. The number of aromatic nitrogens is 1. The van der Waals surface area contributed by atoms with Gasteiger partial charge in [-0.3, -0.25) is 9.36 Å². The van der Waals surface area contributed by atoms with Gasteiger partial charge in [0.2, 0.25) is 0 Å². The Labute approximate surface area is 213 Å². The summed E-state index contributed by atoms with van der Waals surface area (Å²) >= 11 is 1.24. The number of fused-ring (bicyclic) bond motifs is 1. The quantitative estimate of drug-likeness (QED) is 0.366. The van der Waals surface area contributed by atoms with Gasteiger partial charge in [-0.05, 0) is 38.5 Å². The first kappa shape index (κ1) is 25.0. The number of allylic oxidation sites excluding steroid dienone is 1. The molecule has 0 N–H and O–H groups in total. The Kier molecular flexibility index (Phi) is 7.41. The molecular formula is C28H26N2O5S. The molecule has 184 valence electrons. The number of carbonyl (C=O) groups excluding carboxylic acids is 1. The normalized spacial score (nSPS) is 15.1. The summed E-state index contributed by atoms with van der Waals surface area (Å²) in [6.07, 6.45) is 7.11. The van der Waals surface area contributed by atoms with Crippen LogP contribution in [0, 0.1) is 19.3 Å². The zero-order valence-corrected chi connectivity index (χ0v) is 21.3. The van der Waals surface area contributed by atoms with Crippen molar-refractivity contribution < 1.29 is 19.0 Å². The van der Waals surface area contributed by atoms with Crippen LogP contribution in [0.15, 0.2) is 63.5 Å². The third-order valence-corrected chi connectivity index (χ3v) is 6.71. The summed E-state index contributed by atoms with van der Waals surface area (Å²) in [6, 6.07) is 12.5. The molecule has 0 spiro atoms. The largest absolute Gasteiger partial charge is 0.493 e. The maximum absolute atomic E-state index is 13.8. The standard InChI is InChI=1S/C28H26N2O5S/c1-6-15-35-25-20(9-8-10-21(25)33-5)16-22-26(31)30-24(19-13-11-17(3)12-14-19)23(27(32)34-7-2)18(4)29-28(30)36-22/h1,8-14,16,24H,7,15H2,2-5H3/b22-16-/t24-/m1/s1. The van der Waals surface area contributed by atoms with Crippen molar-refractivity contribution in [1.82, 2.24) is 4.57 Å². The second kappa shape index (κ2) is 10.7.